The van der Waals surface area contributed by atoms with Gasteiger partial charge in [0.15, 0.2) is 0 Å². The summed E-state index contributed by atoms with van der Waals surface area (Å²) in [4.78, 5) is 38.3. The quantitative estimate of drug-likeness (QED) is 0.0662. The van der Waals surface area contributed by atoms with Crippen LogP contribution in [0.15, 0.2) is 108 Å². The number of pyridine rings is 1. The van der Waals surface area contributed by atoms with Gasteiger partial charge in [0.25, 0.3) is 19.8 Å². The lowest BCUT2D eigenvalue weighted by Crippen LogP contribution is -2.67. The third-order valence-electron chi connectivity index (χ3n) is 9.15. The summed E-state index contributed by atoms with van der Waals surface area (Å²) >= 11 is 0. The van der Waals surface area contributed by atoms with Crippen molar-refractivity contribution in [1.29, 1.82) is 0 Å². The molecule has 0 radical (unpaired) electrons. The number of amides is 2. The van der Waals surface area contributed by atoms with Gasteiger partial charge in [-0.1, -0.05) is 133 Å². The van der Waals surface area contributed by atoms with Crippen LogP contribution in [0.3, 0.4) is 0 Å². The maximum absolute atomic E-state index is 13.8. The molecule has 5 rings (SSSR count). The van der Waals surface area contributed by atoms with E-state index in [-0.39, 0.29) is 34.8 Å². The number of benzene rings is 3. The molecule has 2 heterocycles. The van der Waals surface area contributed by atoms with Crippen LogP contribution in [0.4, 0.5) is 18.9 Å². The van der Waals surface area contributed by atoms with E-state index in [2.05, 4.69) is 62.2 Å². The monoisotopic (exact) mass is 823 g/mol. The normalized spacial score (nSPS) is 17.8. The summed E-state index contributed by atoms with van der Waals surface area (Å²) in [6, 6.07) is 29.9. The molecule has 0 spiro atoms. The van der Waals surface area contributed by atoms with Gasteiger partial charge >= 0.3 is 12.1 Å². The standard InChI is InChI=1S/C41H44F3N3O6S2Si/c1-28(55-54-5)52-34-25-37(53-35(34)27-51-56(40(2,3)4,31-19-11-7-12-20-31)32-21-13-8-14-22-32)47-26-30(18-15-23-45-39(50)41(42,43)44)33(24-36(47)48)46-38(49)29-16-9-6-10-17-29/h6-14,16-17,19-22,24,26,28,34-35,37H,23,25,27H2,1-5H3,(H,45,50)(H,46,49)/t28-,34?,35-,37-/m1/s1. The van der Waals surface area contributed by atoms with Gasteiger partial charge in [0.2, 0.25) is 0 Å². The number of rotatable bonds is 13. The number of nitrogens with zero attached hydrogens (tertiary/aromatic N) is 1. The van der Waals surface area contributed by atoms with E-state index in [0.717, 1.165) is 10.4 Å². The van der Waals surface area contributed by atoms with Crippen molar-refractivity contribution in [1.82, 2.24) is 9.88 Å². The number of nitrogens with one attached hydrogen (secondary N) is 2. The van der Waals surface area contributed by atoms with Gasteiger partial charge in [-0.2, -0.15) is 13.2 Å². The lowest BCUT2D eigenvalue weighted by atomic mass is 10.1. The highest BCUT2D eigenvalue weighted by Crippen LogP contribution is 2.39. The van der Waals surface area contributed by atoms with E-state index < -0.39 is 56.8 Å². The second kappa shape index (κ2) is 18.8. The number of carbonyl (C=O) groups excluding carboxylic acids is 2. The molecule has 0 saturated carbocycles. The number of halogens is 3. The van der Waals surface area contributed by atoms with Crippen LogP contribution in [0.5, 0.6) is 0 Å². The number of hydrogen-bond donors (Lipinski definition) is 2. The van der Waals surface area contributed by atoms with Crippen LogP contribution in [0, 0.1) is 11.8 Å². The Kier molecular flexibility index (Phi) is 14.3. The van der Waals surface area contributed by atoms with Gasteiger partial charge in [0.05, 0.1) is 30.5 Å². The average Bonchev–Trinajstić information content (AvgIpc) is 3.56. The highest BCUT2D eigenvalue weighted by atomic mass is 33.1. The Labute approximate surface area is 333 Å². The molecule has 1 unspecified atom stereocenters. The van der Waals surface area contributed by atoms with E-state index in [9.17, 15) is 27.6 Å². The number of aromatic nitrogens is 1. The van der Waals surface area contributed by atoms with Crippen molar-refractivity contribution in [3.63, 3.8) is 0 Å². The molecule has 1 aliphatic rings. The Hall–Kier alpha value is -4.30. The second-order valence-electron chi connectivity index (χ2n) is 14.0. The zero-order valence-corrected chi connectivity index (χ0v) is 34.2. The van der Waals surface area contributed by atoms with E-state index in [1.807, 2.05) is 49.6 Å². The third-order valence-corrected chi connectivity index (χ3v) is 16.1. The van der Waals surface area contributed by atoms with Crippen LogP contribution in [0.2, 0.25) is 5.04 Å². The van der Waals surface area contributed by atoms with Gasteiger partial charge in [-0.05, 0) is 40.7 Å². The van der Waals surface area contributed by atoms with Crippen LogP contribution < -0.4 is 26.6 Å². The predicted octanol–water partition coefficient (Wildman–Crippen LogP) is 6.74. The minimum atomic E-state index is -5.08. The van der Waals surface area contributed by atoms with Crippen LogP contribution in [0.1, 0.15) is 56.3 Å². The van der Waals surface area contributed by atoms with Gasteiger partial charge in [0.1, 0.15) is 17.8 Å². The first-order valence-corrected chi connectivity index (χ1v) is 22.4. The largest absolute Gasteiger partial charge is 0.471 e. The Morgan fingerprint density at radius 1 is 0.982 bits per heavy atom. The lowest BCUT2D eigenvalue weighted by molar-refractivity contribution is -0.173. The molecule has 15 heteroatoms. The van der Waals surface area contributed by atoms with Crippen molar-refractivity contribution in [3.05, 3.63) is 125 Å². The summed E-state index contributed by atoms with van der Waals surface area (Å²) in [6.45, 7) is 7.99. The molecule has 3 aromatic carbocycles. The van der Waals surface area contributed by atoms with Gasteiger partial charge in [-0.3, -0.25) is 19.0 Å². The third kappa shape index (κ3) is 10.4. The molecule has 0 aliphatic carbocycles. The van der Waals surface area contributed by atoms with E-state index >= 15 is 0 Å². The molecule has 1 saturated heterocycles. The number of ether oxygens (including phenoxy) is 2. The minimum Gasteiger partial charge on any atom is -0.405 e. The van der Waals surface area contributed by atoms with Crippen LogP contribution >= 0.6 is 21.6 Å². The van der Waals surface area contributed by atoms with Crippen LogP contribution in [0.25, 0.3) is 0 Å². The molecule has 296 valence electrons. The average molecular weight is 824 g/mol. The molecular formula is C41H44F3N3O6S2Si. The Morgan fingerprint density at radius 3 is 2.12 bits per heavy atom. The minimum absolute atomic E-state index is 0.0390. The predicted molar refractivity (Wildman–Crippen MR) is 219 cm³/mol. The summed E-state index contributed by atoms with van der Waals surface area (Å²) in [6.07, 6.45) is -3.42. The Morgan fingerprint density at radius 2 is 1.57 bits per heavy atom. The first kappa shape index (κ1) is 42.8. The van der Waals surface area contributed by atoms with E-state index in [1.165, 1.54) is 16.8 Å². The second-order valence-corrected chi connectivity index (χ2v) is 21.1. The summed E-state index contributed by atoms with van der Waals surface area (Å²) in [7, 11) is 0.121. The van der Waals surface area contributed by atoms with Gasteiger partial charge in [-0.15, -0.1) is 0 Å². The first-order valence-electron chi connectivity index (χ1n) is 17.9. The number of hydrogen-bond acceptors (Lipinski definition) is 8. The zero-order valence-electron chi connectivity index (χ0n) is 31.6. The molecule has 2 N–H and O–H groups in total. The van der Waals surface area contributed by atoms with E-state index in [1.54, 1.807) is 57.2 Å². The van der Waals surface area contributed by atoms with Crippen molar-refractivity contribution in [2.24, 2.45) is 0 Å². The van der Waals surface area contributed by atoms with Crippen molar-refractivity contribution in [3.8, 4) is 11.8 Å². The Bertz CT molecular complexity index is 2030. The van der Waals surface area contributed by atoms with E-state index in [4.69, 9.17) is 13.9 Å². The number of carbonyl (C=O) groups is 2. The molecular weight excluding hydrogens is 780 g/mol. The molecule has 9 nitrogen and oxygen atoms in total. The summed E-state index contributed by atoms with van der Waals surface area (Å²) in [5.74, 6) is 2.56. The molecule has 0 bridgehead atoms. The van der Waals surface area contributed by atoms with Crippen LogP contribution in [-0.4, -0.2) is 67.9 Å². The molecule has 4 atom stereocenters. The maximum atomic E-state index is 13.8. The van der Waals surface area contributed by atoms with Gasteiger partial charge < -0.3 is 24.5 Å². The van der Waals surface area contributed by atoms with Crippen LogP contribution in [-0.2, 0) is 18.7 Å². The zero-order chi connectivity index (χ0) is 40.5. The topological polar surface area (TPSA) is 108 Å². The van der Waals surface area contributed by atoms with Gasteiger partial charge in [0, 0.05) is 24.2 Å². The summed E-state index contributed by atoms with van der Waals surface area (Å²) in [5.41, 5.74) is -0.277. The molecule has 2 amide bonds. The van der Waals surface area contributed by atoms with Crippen molar-refractivity contribution < 1.29 is 36.7 Å². The molecule has 56 heavy (non-hydrogen) atoms. The lowest BCUT2D eigenvalue weighted by Gasteiger charge is -2.43. The fourth-order valence-corrected chi connectivity index (χ4v) is 12.6. The summed E-state index contributed by atoms with van der Waals surface area (Å²) in [5, 5.41) is 6.28. The fraction of sp³-hybridized carbons (Fsp3) is 0.341. The number of alkyl halides is 3. The SMILES string of the molecule is CSS[C@H](C)OC1C[C@H](n2cc(C#CCNC(=O)C(F)(F)F)c(NC(=O)c3ccccc3)cc2=O)O[C@@H]1CO[Si](c1ccccc1)(c1ccccc1)C(C)(C)C. The first-order chi connectivity index (χ1) is 26.6. The Balaban J connectivity index is 1.50. The fourth-order valence-electron chi connectivity index (χ4n) is 6.66. The maximum Gasteiger partial charge on any atom is 0.471 e. The van der Waals surface area contributed by atoms with Crippen molar-refractivity contribution >= 4 is 57.8 Å². The highest BCUT2D eigenvalue weighted by molar-refractivity contribution is 8.76. The smallest absolute Gasteiger partial charge is 0.405 e. The number of anilines is 1. The van der Waals surface area contributed by atoms with Gasteiger partial charge in [-0.25, -0.2) is 0 Å². The molecule has 4 aromatic rings. The summed E-state index contributed by atoms with van der Waals surface area (Å²) < 4.78 is 60.1. The molecule has 1 aliphatic heterocycles. The highest BCUT2D eigenvalue weighted by Gasteiger charge is 2.51. The van der Waals surface area contributed by atoms with Crippen molar-refractivity contribution in [2.45, 2.75) is 69.2 Å². The molecule has 1 fully saturated rings. The molecule has 1 aromatic heterocycles. The van der Waals surface area contributed by atoms with Crippen molar-refractivity contribution in [2.75, 3.05) is 24.7 Å². The van der Waals surface area contributed by atoms with E-state index in [0.29, 0.717) is 5.56 Å².